The molecule has 1 N–H and O–H groups in total. The van der Waals surface area contributed by atoms with E-state index in [2.05, 4.69) is 12.2 Å². The number of hydrogen-bond acceptors (Lipinski definition) is 3. The van der Waals surface area contributed by atoms with Crippen LogP contribution in [0.25, 0.3) is 0 Å². The van der Waals surface area contributed by atoms with Gasteiger partial charge in [0.1, 0.15) is 0 Å². The second kappa shape index (κ2) is 10.6. The highest BCUT2D eigenvalue weighted by Crippen LogP contribution is 2.10. The molecule has 4 heteroatoms. The van der Waals surface area contributed by atoms with Gasteiger partial charge in [-0.1, -0.05) is 55.5 Å². The fourth-order valence-electron chi connectivity index (χ4n) is 2.60. The number of Topliss-reactive ketones (excluding diaryl/α,β-unsaturated/α-hetero) is 1. The summed E-state index contributed by atoms with van der Waals surface area (Å²) in [6.45, 7) is 7.15. The van der Waals surface area contributed by atoms with Crippen LogP contribution in [0.1, 0.15) is 60.7 Å². The number of carbonyl (C=O) groups is 2. The molecule has 0 saturated carbocycles. The molecule has 0 heterocycles. The summed E-state index contributed by atoms with van der Waals surface area (Å²) in [6, 6.07) is 15.6. The first-order valence-corrected chi connectivity index (χ1v) is 9.56. The second-order valence-electron chi connectivity index (χ2n) is 6.93. The lowest BCUT2D eigenvalue weighted by molar-refractivity contribution is -0.121. The predicted octanol–water partition coefficient (Wildman–Crippen LogP) is 4.45. The summed E-state index contributed by atoms with van der Waals surface area (Å²) >= 11 is 0. The van der Waals surface area contributed by atoms with Crippen LogP contribution >= 0.6 is 0 Å². The average Bonchev–Trinajstić information content (AvgIpc) is 2.69. The Morgan fingerprint density at radius 3 is 2.07 bits per heavy atom. The molecule has 144 valence electrons. The van der Waals surface area contributed by atoms with Gasteiger partial charge in [0.2, 0.25) is 5.91 Å². The zero-order valence-electron chi connectivity index (χ0n) is 16.5. The Hall–Kier alpha value is -2.46. The fourth-order valence-corrected chi connectivity index (χ4v) is 2.60. The van der Waals surface area contributed by atoms with E-state index in [1.807, 2.05) is 62.4 Å². The van der Waals surface area contributed by atoms with Crippen LogP contribution in [0.4, 0.5) is 0 Å². The van der Waals surface area contributed by atoms with E-state index in [-0.39, 0.29) is 30.6 Å². The molecule has 0 aromatic heterocycles. The molecular formula is C23H29NO3. The normalized spacial score (nSPS) is 10.8. The Balaban J connectivity index is 1.73. The van der Waals surface area contributed by atoms with Gasteiger partial charge >= 0.3 is 0 Å². The maximum atomic E-state index is 12.2. The Morgan fingerprint density at radius 1 is 0.889 bits per heavy atom. The molecule has 27 heavy (non-hydrogen) atoms. The number of nitrogens with one attached hydrogen (secondary N) is 1. The monoisotopic (exact) mass is 367 g/mol. The highest BCUT2D eigenvalue weighted by atomic mass is 16.5. The first kappa shape index (κ1) is 20.8. The summed E-state index contributed by atoms with van der Waals surface area (Å²) in [5.41, 5.74) is 4.00. The average molecular weight is 367 g/mol. The van der Waals surface area contributed by atoms with Gasteiger partial charge in [0.15, 0.2) is 5.78 Å². The van der Waals surface area contributed by atoms with E-state index in [0.717, 1.165) is 17.5 Å². The number of hydrogen-bond donors (Lipinski definition) is 1. The van der Waals surface area contributed by atoms with Crippen molar-refractivity contribution < 1.29 is 14.3 Å². The second-order valence-corrected chi connectivity index (χ2v) is 6.93. The lowest BCUT2D eigenvalue weighted by Crippen LogP contribution is -2.23. The predicted molar refractivity (Wildman–Crippen MR) is 108 cm³/mol. The first-order valence-electron chi connectivity index (χ1n) is 9.56. The van der Waals surface area contributed by atoms with Crippen LogP contribution in [0.5, 0.6) is 0 Å². The molecule has 0 spiro atoms. The Bertz CT molecular complexity index is 733. The first-order chi connectivity index (χ1) is 13.0. The number of aryl methyl sites for hydroxylation is 1. The van der Waals surface area contributed by atoms with Crippen LogP contribution in [-0.2, 0) is 29.1 Å². The van der Waals surface area contributed by atoms with E-state index in [9.17, 15) is 9.59 Å². The summed E-state index contributed by atoms with van der Waals surface area (Å²) in [5, 5.41) is 2.87. The van der Waals surface area contributed by atoms with Crippen molar-refractivity contribution in [3.63, 3.8) is 0 Å². The molecule has 0 bridgehead atoms. The topological polar surface area (TPSA) is 55.4 Å². The van der Waals surface area contributed by atoms with Crippen molar-refractivity contribution in [1.29, 1.82) is 0 Å². The van der Waals surface area contributed by atoms with Crippen molar-refractivity contribution in [3.8, 4) is 0 Å². The highest BCUT2D eigenvalue weighted by Gasteiger charge is 2.09. The number of benzene rings is 2. The summed E-state index contributed by atoms with van der Waals surface area (Å²) in [5.74, 6) is -0.108. The van der Waals surface area contributed by atoms with Gasteiger partial charge in [0.05, 0.1) is 12.7 Å². The van der Waals surface area contributed by atoms with Crippen LogP contribution < -0.4 is 5.32 Å². The van der Waals surface area contributed by atoms with Gasteiger partial charge < -0.3 is 10.1 Å². The molecule has 2 aromatic carbocycles. The standard InChI is InChI=1S/C23H29NO3/c1-4-18-9-11-21(12-10-18)22(25)13-14-23(26)24-15-19-5-7-20(8-6-19)16-27-17(2)3/h5-12,17H,4,13-16H2,1-3H3,(H,24,26). The third-order valence-electron chi connectivity index (χ3n) is 4.36. The molecule has 0 atom stereocenters. The van der Waals surface area contributed by atoms with E-state index in [1.165, 1.54) is 5.56 Å². The third-order valence-corrected chi connectivity index (χ3v) is 4.36. The number of carbonyl (C=O) groups excluding carboxylic acids is 2. The zero-order valence-corrected chi connectivity index (χ0v) is 16.5. The molecule has 0 aliphatic carbocycles. The van der Waals surface area contributed by atoms with Crippen molar-refractivity contribution in [1.82, 2.24) is 5.32 Å². The largest absolute Gasteiger partial charge is 0.374 e. The van der Waals surface area contributed by atoms with E-state index in [0.29, 0.717) is 18.7 Å². The van der Waals surface area contributed by atoms with E-state index in [4.69, 9.17) is 4.74 Å². The number of ether oxygens (including phenoxy) is 1. The maximum absolute atomic E-state index is 12.2. The Labute approximate surface area is 161 Å². The number of amides is 1. The minimum Gasteiger partial charge on any atom is -0.374 e. The van der Waals surface area contributed by atoms with Crippen molar-refractivity contribution in [2.24, 2.45) is 0 Å². The SMILES string of the molecule is CCc1ccc(C(=O)CCC(=O)NCc2ccc(COC(C)C)cc2)cc1. The van der Waals surface area contributed by atoms with Crippen molar-refractivity contribution in [3.05, 3.63) is 70.8 Å². The van der Waals surface area contributed by atoms with E-state index >= 15 is 0 Å². The summed E-state index contributed by atoms with van der Waals surface area (Å²) in [6.07, 6.45) is 1.58. The molecule has 0 radical (unpaired) electrons. The smallest absolute Gasteiger partial charge is 0.220 e. The molecule has 0 aliphatic heterocycles. The lowest BCUT2D eigenvalue weighted by Gasteiger charge is -2.09. The number of rotatable bonds is 10. The third kappa shape index (κ3) is 7.35. The molecule has 0 saturated heterocycles. The molecule has 0 fully saturated rings. The van der Waals surface area contributed by atoms with Crippen LogP contribution in [0, 0.1) is 0 Å². The quantitative estimate of drug-likeness (QED) is 0.631. The van der Waals surface area contributed by atoms with Gasteiger partial charge in [0.25, 0.3) is 0 Å². The summed E-state index contributed by atoms with van der Waals surface area (Å²) < 4.78 is 5.57. The molecule has 4 nitrogen and oxygen atoms in total. The van der Waals surface area contributed by atoms with Crippen LogP contribution in [0.3, 0.4) is 0 Å². The highest BCUT2D eigenvalue weighted by molar-refractivity contribution is 5.97. The molecule has 0 unspecified atom stereocenters. The van der Waals surface area contributed by atoms with Gasteiger partial charge in [-0.05, 0) is 37.0 Å². The minimum absolute atomic E-state index is 0.00214. The zero-order chi connectivity index (χ0) is 19.6. The van der Waals surface area contributed by atoms with E-state index < -0.39 is 0 Å². The van der Waals surface area contributed by atoms with Crippen LogP contribution in [-0.4, -0.2) is 17.8 Å². The lowest BCUT2D eigenvalue weighted by atomic mass is 10.0. The molecule has 0 aliphatic rings. The fraction of sp³-hybridized carbons (Fsp3) is 0.391. The van der Waals surface area contributed by atoms with Crippen molar-refractivity contribution in [2.75, 3.05) is 0 Å². The van der Waals surface area contributed by atoms with Crippen molar-refractivity contribution in [2.45, 2.75) is 59.3 Å². The maximum Gasteiger partial charge on any atom is 0.220 e. The van der Waals surface area contributed by atoms with Gasteiger partial charge in [-0.25, -0.2) is 0 Å². The molecule has 2 rings (SSSR count). The molecular weight excluding hydrogens is 338 g/mol. The molecule has 2 aromatic rings. The Morgan fingerprint density at radius 2 is 1.48 bits per heavy atom. The van der Waals surface area contributed by atoms with E-state index in [1.54, 1.807) is 0 Å². The summed E-state index contributed by atoms with van der Waals surface area (Å²) in [4.78, 5) is 24.2. The summed E-state index contributed by atoms with van der Waals surface area (Å²) in [7, 11) is 0. The van der Waals surface area contributed by atoms with Crippen molar-refractivity contribution >= 4 is 11.7 Å². The van der Waals surface area contributed by atoms with Gasteiger partial charge in [0, 0.05) is 24.9 Å². The number of ketones is 1. The van der Waals surface area contributed by atoms with Gasteiger partial charge in [-0.2, -0.15) is 0 Å². The Kier molecular flexibility index (Phi) is 8.21. The van der Waals surface area contributed by atoms with Crippen LogP contribution in [0.15, 0.2) is 48.5 Å². The minimum atomic E-state index is -0.110. The van der Waals surface area contributed by atoms with Gasteiger partial charge in [-0.15, -0.1) is 0 Å². The van der Waals surface area contributed by atoms with Gasteiger partial charge in [-0.3, -0.25) is 9.59 Å². The molecule has 1 amide bonds. The van der Waals surface area contributed by atoms with Crippen LogP contribution in [0.2, 0.25) is 0 Å².